The van der Waals surface area contributed by atoms with Crippen LogP contribution in [0, 0.1) is 5.41 Å². The van der Waals surface area contributed by atoms with Crippen LogP contribution in [0.5, 0.6) is 0 Å². The van der Waals surface area contributed by atoms with E-state index in [0.717, 1.165) is 0 Å². The molecule has 1 atom stereocenters. The fraction of sp³-hybridized carbons (Fsp3) is 1.00. The van der Waals surface area contributed by atoms with Crippen LogP contribution in [-0.4, -0.2) is 48.2 Å². The number of halogens is 4. The molecular weight excluding hydrogens is 424 g/mol. The molecule has 1 unspecified atom stereocenters. The molecule has 0 radical (unpaired) electrons. The minimum absolute atomic E-state index is 0.0231. The fourth-order valence-corrected chi connectivity index (χ4v) is 4.44. The van der Waals surface area contributed by atoms with Crippen molar-refractivity contribution in [1.29, 1.82) is 0 Å². The van der Waals surface area contributed by atoms with E-state index in [4.69, 9.17) is 60.0 Å². The molecule has 1 N–H and O–H groups in total. The molecule has 0 aliphatic rings. The average molecular weight is 442 g/mol. The summed E-state index contributed by atoms with van der Waals surface area (Å²) in [6.07, 6.45) is 0. The molecule has 0 amide bonds. The summed E-state index contributed by atoms with van der Waals surface area (Å²) in [5, 5.41) is 0. The number of rotatable bonds is 13. The molecule has 0 fully saturated rings. The van der Waals surface area contributed by atoms with Gasteiger partial charge in [-0.05, 0) is 0 Å². The molecule has 0 heterocycles. The van der Waals surface area contributed by atoms with Gasteiger partial charge in [0.1, 0.15) is 0 Å². The number of hydrogen-bond acceptors (Lipinski definition) is 6. The van der Waals surface area contributed by atoms with Gasteiger partial charge in [0.25, 0.3) is 0 Å². The fourth-order valence-electron chi connectivity index (χ4n) is 0.877. The second kappa shape index (κ2) is 11.1. The van der Waals surface area contributed by atoms with Crippen molar-refractivity contribution < 1.29 is 31.9 Å². The van der Waals surface area contributed by atoms with Gasteiger partial charge in [0.05, 0.1) is 19.8 Å². The zero-order chi connectivity index (χ0) is 17.3. The summed E-state index contributed by atoms with van der Waals surface area (Å²) in [5.41, 5.74) is -0.761. The molecule has 0 aromatic carbocycles. The summed E-state index contributed by atoms with van der Waals surface area (Å²) in [5.74, 6) is 0.120. The van der Waals surface area contributed by atoms with E-state index >= 15 is 0 Å². The zero-order valence-corrected chi connectivity index (χ0v) is 16.6. The van der Waals surface area contributed by atoms with Gasteiger partial charge < -0.3 is 4.89 Å². The summed E-state index contributed by atoms with van der Waals surface area (Å²) < 4.78 is 42.8. The first-order valence-corrected chi connectivity index (χ1v) is 11.1. The van der Waals surface area contributed by atoms with Crippen LogP contribution in [0.2, 0.25) is 0 Å². The van der Waals surface area contributed by atoms with Gasteiger partial charge in [-0.1, -0.05) is 6.92 Å². The molecule has 0 aliphatic carbocycles. The van der Waals surface area contributed by atoms with Gasteiger partial charge in [-0.25, -0.2) is 9.13 Å². The molecule has 0 saturated carbocycles. The normalized spacial score (nSPS) is 15.7. The number of phosphoric ester groups is 2. The highest BCUT2D eigenvalue weighted by atomic mass is 35.5. The first-order valence-electron chi connectivity index (χ1n) is 5.97. The smallest absolute Gasteiger partial charge is 0.302 e. The first-order chi connectivity index (χ1) is 10.2. The van der Waals surface area contributed by atoms with Crippen LogP contribution in [0.3, 0.4) is 0 Å². The Labute approximate surface area is 149 Å². The molecule has 7 nitrogen and oxygen atoms in total. The standard InChI is InChI=1S/C9H18Cl4O7P2/c1-9(6-12,7-13)8-19-21(14,15)20-22(16,17-4-2-10)18-5-3-11/h2-8H2,1H3,(H,14,15). The van der Waals surface area contributed by atoms with E-state index < -0.39 is 21.1 Å². The first kappa shape index (κ1) is 23.4. The molecule has 22 heavy (non-hydrogen) atoms. The number of phosphoric acid groups is 2. The van der Waals surface area contributed by atoms with E-state index in [1.165, 1.54) is 0 Å². The molecule has 0 aromatic rings. The Hall–Kier alpha value is 1.42. The molecule has 0 spiro atoms. The topological polar surface area (TPSA) is 91.3 Å². The Kier molecular flexibility index (Phi) is 11.8. The highest BCUT2D eigenvalue weighted by molar-refractivity contribution is 7.61. The molecule has 134 valence electrons. The molecule has 0 bridgehead atoms. The van der Waals surface area contributed by atoms with Crippen molar-refractivity contribution >= 4 is 62.0 Å². The minimum atomic E-state index is -4.73. The van der Waals surface area contributed by atoms with Crippen LogP contribution in [0.1, 0.15) is 6.92 Å². The van der Waals surface area contributed by atoms with E-state index in [1.54, 1.807) is 6.92 Å². The Balaban J connectivity index is 4.79. The largest absolute Gasteiger partial charge is 0.483 e. The van der Waals surface area contributed by atoms with Crippen molar-refractivity contribution in [2.75, 3.05) is 43.3 Å². The van der Waals surface area contributed by atoms with Crippen molar-refractivity contribution in [3.05, 3.63) is 0 Å². The predicted molar refractivity (Wildman–Crippen MR) is 87.4 cm³/mol. The van der Waals surface area contributed by atoms with Crippen molar-refractivity contribution in [3.8, 4) is 0 Å². The van der Waals surface area contributed by atoms with E-state index in [2.05, 4.69) is 4.31 Å². The van der Waals surface area contributed by atoms with Crippen LogP contribution in [0.15, 0.2) is 0 Å². The molecule has 0 saturated heterocycles. The molecular formula is C9H18Cl4O7P2. The zero-order valence-electron chi connectivity index (χ0n) is 11.8. The van der Waals surface area contributed by atoms with Gasteiger partial charge in [0.2, 0.25) is 0 Å². The third kappa shape index (κ3) is 9.65. The second-order valence-corrected chi connectivity index (χ2v) is 8.94. The van der Waals surface area contributed by atoms with Crippen LogP contribution < -0.4 is 0 Å². The maximum absolute atomic E-state index is 12.2. The van der Waals surface area contributed by atoms with Gasteiger partial charge in [-0.2, -0.15) is 4.31 Å². The summed E-state index contributed by atoms with van der Waals surface area (Å²) >= 11 is 22.2. The van der Waals surface area contributed by atoms with E-state index in [0.29, 0.717) is 0 Å². The van der Waals surface area contributed by atoms with E-state index in [1.807, 2.05) is 0 Å². The lowest BCUT2D eigenvalue weighted by molar-refractivity contribution is 0.115. The predicted octanol–water partition coefficient (Wildman–Crippen LogP) is 4.22. The Morgan fingerprint density at radius 3 is 1.77 bits per heavy atom. The van der Waals surface area contributed by atoms with Crippen molar-refractivity contribution in [1.82, 2.24) is 0 Å². The van der Waals surface area contributed by atoms with E-state index in [-0.39, 0.29) is 43.3 Å². The average Bonchev–Trinajstić information content (AvgIpc) is 2.48. The van der Waals surface area contributed by atoms with Crippen LogP contribution in [0.25, 0.3) is 0 Å². The highest BCUT2D eigenvalue weighted by Crippen LogP contribution is 2.63. The van der Waals surface area contributed by atoms with Crippen molar-refractivity contribution in [2.24, 2.45) is 5.41 Å². The molecule has 0 aliphatic heterocycles. The van der Waals surface area contributed by atoms with Gasteiger partial charge in [-0.3, -0.25) is 13.6 Å². The summed E-state index contributed by atoms with van der Waals surface area (Å²) in [4.78, 5) is 9.63. The lowest BCUT2D eigenvalue weighted by atomic mass is 9.98. The van der Waals surface area contributed by atoms with E-state index in [9.17, 15) is 14.0 Å². The van der Waals surface area contributed by atoms with Gasteiger partial charge in [-0.15, -0.1) is 46.4 Å². The summed E-state index contributed by atoms with van der Waals surface area (Å²) in [6, 6.07) is 0. The van der Waals surface area contributed by atoms with Crippen molar-refractivity contribution in [2.45, 2.75) is 6.92 Å². The van der Waals surface area contributed by atoms with Gasteiger partial charge in [0, 0.05) is 28.9 Å². The van der Waals surface area contributed by atoms with Crippen molar-refractivity contribution in [3.63, 3.8) is 0 Å². The Bertz CT molecular complexity index is 395. The number of alkyl halides is 4. The Morgan fingerprint density at radius 2 is 1.41 bits per heavy atom. The molecule has 13 heteroatoms. The maximum atomic E-state index is 12.2. The van der Waals surface area contributed by atoms with Gasteiger partial charge >= 0.3 is 15.6 Å². The maximum Gasteiger partial charge on any atom is 0.483 e. The third-order valence-electron chi connectivity index (χ3n) is 2.08. The Morgan fingerprint density at radius 1 is 0.955 bits per heavy atom. The minimum Gasteiger partial charge on any atom is -0.302 e. The summed E-state index contributed by atoms with van der Waals surface area (Å²) in [6.45, 7) is 0.907. The quantitative estimate of drug-likeness (QED) is 0.338. The van der Waals surface area contributed by atoms with Crippen LogP contribution >= 0.6 is 62.0 Å². The monoisotopic (exact) mass is 440 g/mol. The molecule has 0 aromatic heterocycles. The second-order valence-electron chi connectivity index (χ2n) is 4.39. The van der Waals surface area contributed by atoms with Crippen LogP contribution in [0.4, 0.5) is 0 Å². The lowest BCUT2D eigenvalue weighted by Gasteiger charge is -2.26. The van der Waals surface area contributed by atoms with Gasteiger partial charge in [0.15, 0.2) is 0 Å². The third-order valence-corrected chi connectivity index (χ3v) is 6.76. The lowest BCUT2D eigenvalue weighted by Crippen LogP contribution is -2.26. The van der Waals surface area contributed by atoms with Crippen LogP contribution in [-0.2, 0) is 27.0 Å². The summed E-state index contributed by atoms with van der Waals surface area (Å²) in [7, 11) is -9.08. The highest BCUT2D eigenvalue weighted by Gasteiger charge is 2.39. The molecule has 0 rings (SSSR count). The SMILES string of the molecule is CC(CCl)(CCl)COP(=O)(O)OP(=O)(OCCCl)OCCCl. The number of hydrogen-bond donors (Lipinski definition) is 1.